The van der Waals surface area contributed by atoms with Gasteiger partial charge in [0.25, 0.3) is 0 Å². The van der Waals surface area contributed by atoms with Crippen LogP contribution in [0.25, 0.3) is 12.2 Å². The van der Waals surface area contributed by atoms with E-state index in [4.69, 9.17) is 0 Å². The molecule has 72 valence electrons. The Bertz CT molecular complexity index is 403. The van der Waals surface area contributed by atoms with E-state index in [9.17, 15) is 0 Å². The third-order valence-electron chi connectivity index (χ3n) is 1.73. The maximum atomic E-state index is 4.33. The number of nitrogens with zero attached hydrogens (tertiary/aromatic N) is 2. The zero-order valence-corrected chi connectivity index (χ0v) is 9.20. The van der Waals surface area contributed by atoms with E-state index >= 15 is 0 Å². The fourth-order valence-corrected chi connectivity index (χ4v) is 1.14. The lowest BCUT2D eigenvalue weighted by atomic mass is 10.2. The van der Waals surface area contributed by atoms with Crippen LogP contribution in [-0.4, -0.2) is 17.7 Å². The van der Waals surface area contributed by atoms with Crippen LogP contribution >= 0.6 is 0 Å². The molecule has 0 saturated heterocycles. The Labute approximate surface area is 86.1 Å². The minimum Gasteiger partial charge on any atom is -0.325 e. The van der Waals surface area contributed by atoms with E-state index in [1.807, 2.05) is 57.8 Å². The first-order valence-electron chi connectivity index (χ1n) is 4.69. The summed E-state index contributed by atoms with van der Waals surface area (Å²) in [7, 11) is 1.92. The Morgan fingerprint density at radius 3 is 2.86 bits per heavy atom. The molecule has 0 aliphatic heterocycles. The van der Waals surface area contributed by atoms with Crippen molar-refractivity contribution in [1.29, 1.82) is 0 Å². The molecule has 0 aliphatic rings. The molecule has 0 aliphatic carbocycles. The monoisotopic (exact) mass is 186 g/mol. The Morgan fingerprint density at radius 1 is 1.57 bits per heavy atom. The number of allylic oxidation sites excluding steroid dienone is 2. The lowest BCUT2D eigenvalue weighted by molar-refractivity contribution is 0.984. The van der Waals surface area contributed by atoms with Crippen LogP contribution in [-0.2, 0) is 0 Å². The lowest BCUT2D eigenvalue weighted by Crippen LogP contribution is -1.90. The summed E-state index contributed by atoms with van der Waals surface area (Å²) in [6.07, 6.45) is 7.95. The topological polar surface area (TPSA) is 17.8 Å². The standard InChI is InChI=1S/C11H15BN2/c1-4-5-11-10(7-6-9(2)3)8-14(12)13-11/h4-5,7-8H,12H2,1-3H3/b5-4-. The summed E-state index contributed by atoms with van der Waals surface area (Å²) in [5, 5.41) is 4.33. The van der Waals surface area contributed by atoms with Gasteiger partial charge in [0, 0.05) is 11.8 Å². The van der Waals surface area contributed by atoms with Crippen LogP contribution in [0.5, 0.6) is 0 Å². The fraction of sp³-hybridized carbons (Fsp3) is 0.273. The molecule has 0 saturated carbocycles. The molecule has 0 unspecified atom stereocenters. The summed E-state index contributed by atoms with van der Waals surface area (Å²) >= 11 is 0. The number of hydrogen-bond donors (Lipinski definition) is 0. The van der Waals surface area contributed by atoms with Gasteiger partial charge in [0.2, 0.25) is 7.98 Å². The van der Waals surface area contributed by atoms with E-state index in [-0.39, 0.29) is 0 Å². The summed E-state index contributed by atoms with van der Waals surface area (Å²) in [6.45, 7) is 6.05. The highest BCUT2D eigenvalue weighted by atomic mass is 15.2. The Kier molecular flexibility index (Phi) is 3.55. The smallest absolute Gasteiger partial charge is 0.248 e. The van der Waals surface area contributed by atoms with Crippen molar-refractivity contribution >= 4 is 20.1 Å². The maximum Gasteiger partial charge on any atom is 0.248 e. The minimum absolute atomic E-state index is 0.990. The SMILES string of the molecule is Bn1cc(C=C=C(C)C)c(/C=C\C)n1. The molecule has 1 rings (SSSR count). The number of rotatable bonds is 2. The van der Waals surface area contributed by atoms with Gasteiger partial charge in [0.1, 0.15) is 0 Å². The van der Waals surface area contributed by atoms with E-state index in [2.05, 4.69) is 10.8 Å². The highest BCUT2D eigenvalue weighted by Gasteiger charge is 1.99. The average Bonchev–Trinajstić information content (AvgIpc) is 2.44. The number of aromatic nitrogens is 2. The predicted octanol–water partition coefficient (Wildman–Crippen LogP) is 1.89. The van der Waals surface area contributed by atoms with Gasteiger partial charge < -0.3 is 4.59 Å². The molecule has 1 aromatic heterocycles. The molecular weight excluding hydrogens is 171 g/mol. The van der Waals surface area contributed by atoms with Gasteiger partial charge in [-0.15, -0.1) is 5.73 Å². The highest BCUT2D eigenvalue weighted by Crippen LogP contribution is 2.09. The molecule has 0 atom stereocenters. The Morgan fingerprint density at radius 2 is 2.29 bits per heavy atom. The third-order valence-corrected chi connectivity index (χ3v) is 1.73. The molecular formula is C11H15BN2. The lowest BCUT2D eigenvalue weighted by Gasteiger charge is -1.86. The van der Waals surface area contributed by atoms with Crippen LogP contribution in [0.2, 0.25) is 0 Å². The van der Waals surface area contributed by atoms with Gasteiger partial charge in [0.05, 0.1) is 5.69 Å². The summed E-state index contributed by atoms with van der Waals surface area (Å²) in [6, 6.07) is 0. The van der Waals surface area contributed by atoms with Crippen LogP contribution < -0.4 is 0 Å². The molecule has 0 N–H and O–H groups in total. The van der Waals surface area contributed by atoms with Crippen molar-refractivity contribution in [3.05, 3.63) is 34.8 Å². The van der Waals surface area contributed by atoms with Crippen LogP contribution in [0.4, 0.5) is 0 Å². The zero-order valence-electron chi connectivity index (χ0n) is 9.20. The van der Waals surface area contributed by atoms with Crippen molar-refractivity contribution in [2.45, 2.75) is 20.8 Å². The van der Waals surface area contributed by atoms with Crippen molar-refractivity contribution in [3.63, 3.8) is 0 Å². The second kappa shape index (κ2) is 4.68. The molecule has 1 heterocycles. The first kappa shape index (κ1) is 10.6. The van der Waals surface area contributed by atoms with Crippen LogP contribution in [0.3, 0.4) is 0 Å². The summed E-state index contributed by atoms with van der Waals surface area (Å²) < 4.78 is 1.81. The molecule has 0 fully saturated rings. The van der Waals surface area contributed by atoms with Crippen molar-refractivity contribution in [2.75, 3.05) is 0 Å². The molecule has 0 radical (unpaired) electrons. The van der Waals surface area contributed by atoms with E-state index in [1.54, 1.807) is 0 Å². The molecule has 14 heavy (non-hydrogen) atoms. The molecule has 0 amide bonds. The molecule has 0 bridgehead atoms. The van der Waals surface area contributed by atoms with Crippen LogP contribution in [0.1, 0.15) is 32.0 Å². The minimum atomic E-state index is 0.990. The first-order valence-corrected chi connectivity index (χ1v) is 4.69. The second-order valence-electron chi connectivity index (χ2n) is 3.43. The van der Waals surface area contributed by atoms with Gasteiger partial charge >= 0.3 is 0 Å². The summed E-state index contributed by atoms with van der Waals surface area (Å²) in [4.78, 5) is 0. The summed E-state index contributed by atoms with van der Waals surface area (Å²) in [5.74, 6) is 0. The average molecular weight is 186 g/mol. The molecule has 0 spiro atoms. The second-order valence-corrected chi connectivity index (χ2v) is 3.43. The van der Waals surface area contributed by atoms with E-state index in [0.29, 0.717) is 0 Å². The molecule has 1 aromatic rings. The molecule has 0 aromatic carbocycles. The first-order chi connectivity index (χ1) is 6.63. The van der Waals surface area contributed by atoms with Gasteiger partial charge in [-0.25, -0.2) is 0 Å². The zero-order chi connectivity index (χ0) is 10.6. The Balaban J connectivity index is 3.14. The largest absolute Gasteiger partial charge is 0.325 e. The summed E-state index contributed by atoms with van der Waals surface area (Å²) in [5.41, 5.74) is 6.44. The van der Waals surface area contributed by atoms with Crippen molar-refractivity contribution in [2.24, 2.45) is 0 Å². The normalized spacial score (nSPS) is 10.2. The van der Waals surface area contributed by atoms with Crippen LogP contribution in [0, 0.1) is 0 Å². The Hall–Kier alpha value is -1.47. The quantitative estimate of drug-likeness (QED) is 0.509. The maximum absolute atomic E-state index is 4.33. The van der Waals surface area contributed by atoms with E-state index in [0.717, 1.165) is 11.3 Å². The highest BCUT2D eigenvalue weighted by molar-refractivity contribution is 6.06. The van der Waals surface area contributed by atoms with Gasteiger partial charge in [-0.1, -0.05) is 6.08 Å². The van der Waals surface area contributed by atoms with Crippen molar-refractivity contribution < 1.29 is 0 Å². The van der Waals surface area contributed by atoms with Crippen LogP contribution in [0.15, 0.2) is 23.6 Å². The van der Waals surface area contributed by atoms with E-state index < -0.39 is 0 Å². The third kappa shape index (κ3) is 2.79. The van der Waals surface area contributed by atoms with Gasteiger partial charge in [0.15, 0.2) is 0 Å². The van der Waals surface area contributed by atoms with E-state index in [1.165, 1.54) is 5.57 Å². The van der Waals surface area contributed by atoms with Crippen molar-refractivity contribution in [3.8, 4) is 0 Å². The van der Waals surface area contributed by atoms with Gasteiger partial charge in [-0.05, 0) is 38.5 Å². The number of hydrogen-bond acceptors (Lipinski definition) is 1. The van der Waals surface area contributed by atoms with Gasteiger partial charge in [-0.2, -0.15) is 5.10 Å². The molecule has 2 nitrogen and oxygen atoms in total. The fourth-order valence-electron chi connectivity index (χ4n) is 1.14. The predicted molar refractivity (Wildman–Crippen MR) is 63.7 cm³/mol. The molecule has 3 heteroatoms. The van der Waals surface area contributed by atoms with Crippen molar-refractivity contribution in [1.82, 2.24) is 9.69 Å². The van der Waals surface area contributed by atoms with Gasteiger partial charge in [-0.3, -0.25) is 0 Å².